The number of carbonyl (C=O) groups excluding carboxylic acids is 1. The van der Waals surface area contributed by atoms with E-state index in [-0.39, 0.29) is 17.9 Å². The van der Waals surface area contributed by atoms with Gasteiger partial charge in [-0.1, -0.05) is 45.9 Å². The van der Waals surface area contributed by atoms with Gasteiger partial charge in [0, 0.05) is 4.90 Å². The van der Waals surface area contributed by atoms with Crippen molar-refractivity contribution in [2.24, 2.45) is 0 Å². The first-order chi connectivity index (χ1) is 14.0. The third-order valence-electron chi connectivity index (χ3n) is 4.83. The highest BCUT2D eigenvalue weighted by atomic mass is 32.2. The Morgan fingerprint density at radius 2 is 1.93 bits per heavy atom. The largest absolute Gasteiger partial charge is 0.476 e. The van der Waals surface area contributed by atoms with Crippen molar-refractivity contribution in [2.75, 3.05) is 28.2 Å². The molecule has 0 saturated carbocycles. The molecule has 30 heavy (non-hydrogen) atoms. The predicted molar refractivity (Wildman–Crippen MR) is 123 cm³/mol. The Balaban J connectivity index is 1.92. The van der Waals surface area contributed by atoms with E-state index >= 15 is 0 Å². The second kappa shape index (κ2) is 8.51. The summed E-state index contributed by atoms with van der Waals surface area (Å²) >= 11 is 1.63. The van der Waals surface area contributed by atoms with E-state index in [1.54, 1.807) is 17.8 Å². The molecule has 6 nitrogen and oxygen atoms in total. The highest BCUT2D eigenvalue weighted by molar-refractivity contribution is 7.99. The van der Waals surface area contributed by atoms with Crippen LogP contribution in [0.4, 0.5) is 11.4 Å². The molecule has 0 unspecified atom stereocenters. The lowest BCUT2D eigenvalue weighted by molar-refractivity contribution is -0.122. The molecule has 2 aromatic carbocycles. The van der Waals surface area contributed by atoms with Crippen molar-refractivity contribution in [3.8, 4) is 5.75 Å². The zero-order chi connectivity index (χ0) is 22.1. The predicted octanol–water partition coefficient (Wildman–Crippen LogP) is 4.26. The van der Waals surface area contributed by atoms with Crippen LogP contribution >= 0.6 is 11.8 Å². The number of thioether (sulfide) groups is 1. The normalized spacial score (nSPS) is 16.6. The molecule has 0 spiro atoms. The van der Waals surface area contributed by atoms with Crippen LogP contribution in [0.5, 0.6) is 5.75 Å². The molecule has 3 rings (SSSR count). The SMILES string of the molecule is CCSc1ccccc1NC(=O)[C@@H]1CN(S(C)(=O)=O)c2cc(C(C)(C)C)ccc2O1. The molecule has 0 radical (unpaired) electrons. The van der Waals surface area contributed by atoms with E-state index in [1.165, 1.54) is 4.31 Å². The number of rotatable bonds is 5. The first kappa shape index (κ1) is 22.5. The zero-order valence-corrected chi connectivity index (χ0v) is 19.6. The van der Waals surface area contributed by atoms with Gasteiger partial charge in [-0.15, -0.1) is 11.8 Å². The molecule has 1 heterocycles. The van der Waals surface area contributed by atoms with Crippen LogP contribution in [0.15, 0.2) is 47.4 Å². The Morgan fingerprint density at radius 3 is 2.57 bits per heavy atom. The van der Waals surface area contributed by atoms with Gasteiger partial charge >= 0.3 is 0 Å². The van der Waals surface area contributed by atoms with Crippen LogP contribution in [0.2, 0.25) is 0 Å². The average Bonchev–Trinajstić information content (AvgIpc) is 2.67. The van der Waals surface area contributed by atoms with Gasteiger partial charge in [-0.2, -0.15) is 0 Å². The smallest absolute Gasteiger partial charge is 0.267 e. The third kappa shape index (κ3) is 4.92. The maximum Gasteiger partial charge on any atom is 0.267 e. The van der Waals surface area contributed by atoms with Gasteiger partial charge in [-0.25, -0.2) is 8.42 Å². The molecular formula is C22H28N2O4S2. The van der Waals surface area contributed by atoms with Gasteiger partial charge < -0.3 is 10.1 Å². The van der Waals surface area contributed by atoms with Crippen molar-refractivity contribution in [1.29, 1.82) is 0 Å². The lowest BCUT2D eigenvalue weighted by Gasteiger charge is -2.35. The second-order valence-corrected chi connectivity index (χ2v) is 11.5. The number of hydrogen-bond donors (Lipinski definition) is 1. The van der Waals surface area contributed by atoms with Crippen molar-refractivity contribution in [1.82, 2.24) is 0 Å². The van der Waals surface area contributed by atoms with E-state index in [2.05, 4.69) is 26.1 Å². The molecule has 0 aromatic heterocycles. The highest BCUT2D eigenvalue weighted by Gasteiger charge is 2.36. The molecule has 8 heteroatoms. The van der Waals surface area contributed by atoms with E-state index in [4.69, 9.17) is 4.74 Å². The van der Waals surface area contributed by atoms with Crippen LogP contribution in [0, 0.1) is 0 Å². The summed E-state index contributed by atoms with van der Waals surface area (Å²) in [5, 5.41) is 2.90. The van der Waals surface area contributed by atoms with Gasteiger partial charge in [0.15, 0.2) is 6.10 Å². The van der Waals surface area contributed by atoms with E-state index in [9.17, 15) is 13.2 Å². The molecular weight excluding hydrogens is 420 g/mol. The number of benzene rings is 2. The summed E-state index contributed by atoms with van der Waals surface area (Å²) in [5.41, 5.74) is 2.01. The van der Waals surface area contributed by atoms with E-state index in [1.807, 2.05) is 43.3 Å². The lowest BCUT2D eigenvalue weighted by Crippen LogP contribution is -2.48. The number of carbonyl (C=O) groups is 1. The molecule has 162 valence electrons. The van der Waals surface area contributed by atoms with Crippen LogP contribution in [0.3, 0.4) is 0 Å². The van der Waals surface area contributed by atoms with Crippen LogP contribution < -0.4 is 14.4 Å². The fraction of sp³-hybridized carbons (Fsp3) is 0.409. The Labute approximate surface area is 183 Å². The molecule has 0 saturated heterocycles. The minimum absolute atomic E-state index is 0.0750. The Kier molecular flexibility index (Phi) is 6.38. The molecule has 2 aromatic rings. The van der Waals surface area contributed by atoms with Crippen molar-refractivity contribution in [3.05, 3.63) is 48.0 Å². The molecule has 1 atom stereocenters. The minimum atomic E-state index is -3.59. The zero-order valence-electron chi connectivity index (χ0n) is 17.9. The van der Waals surface area contributed by atoms with Crippen LogP contribution in [0.1, 0.15) is 33.3 Å². The van der Waals surface area contributed by atoms with Gasteiger partial charge in [0.05, 0.1) is 24.2 Å². The third-order valence-corrected chi connectivity index (χ3v) is 6.93. The maximum absolute atomic E-state index is 13.0. The fourth-order valence-electron chi connectivity index (χ4n) is 3.23. The summed E-state index contributed by atoms with van der Waals surface area (Å²) in [6.45, 7) is 8.15. The number of fused-ring (bicyclic) bond motifs is 1. The average molecular weight is 449 g/mol. The molecule has 0 aliphatic carbocycles. The number of anilines is 2. The molecule has 1 N–H and O–H groups in total. The number of ether oxygens (including phenoxy) is 1. The number of para-hydroxylation sites is 1. The Hall–Kier alpha value is -2.19. The number of hydrogen-bond acceptors (Lipinski definition) is 5. The molecule has 1 aliphatic heterocycles. The van der Waals surface area contributed by atoms with Crippen molar-refractivity contribution >= 4 is 39.1 Å². The minimum Gasteiger partial charge on any atom is -0.476 e. The van der Waals surface area contributed by atoms with Crippen molar-refractivity contribution in [2.45, 2.75) is 44.1 Å². The Morgan fingerprint density at radius 1 is 1.23 bits per heavy atom. The van der Waals surface area contributed by atoms with Crippen molar-refractivity contribution < 1.29 is 17.9 Å². The standard InChI is InChI=1S/C22H28N2O4S2/c1-6-29-20-10-8-7-9-16(20)23-21(25)19-14-24(30(5,26)27)17-13-15(22(2,3)4)11-12-18(17)28-19/h7-13,19H,6,14H2,1-5H3,(H,23,25)/t19-/m0/s1. The second-order valence-electron chi connectivity index (χ2n) is 8.25. The summed E-state index contributed by atoms with van der Waals surface area (Å²) in [7, 11) is -3.59. The van der Waals surface area contributed by atoms with E-state index in [0.29, 0.717) is 17.1 Å². The summed E-state index contributed by atoms with van der Waals surface area (Å²) in [5.74, 6) is 0.882. The molecule has 1 amide bonds. The van der Waals surface area contributed by atoms with Gasteiger partial charge in [0.2, 0.25) is 10.0 Å². The van der Waals surface area contributed by atoms with E-state index < -0.39 is 16.1 Å². The van der Waals surface area contributed by atoms with E-state index in [0.717, 1.165) is 22.5 Å². The van der Waals surface area contributed by atoms with Gasteiger partial charge in [0.25, 0.3) is 5.91 Å². The van der Waals surface area contributed by atoms with Gasteiger partial charge in [-0.3, -0.25) is 9.10 Å². The fourth-order valence-corrected chi connectivity index (χ4v) is 4.90. The summed E-state index contributed by atoms with van der Waals surface area (Å²) in [4.78, 5) is 13.9. The number of amides is 1. The van der Waals surface area contributed by atoms with Gasteiger partial charge in [0.1, 0.15) is 5.75 Å². The molecule has 0 bridgehead atoms. The van der Waals surface area contributed by atoms with Crippen molar-refractivity contribution in [3.63, 3.8) is 0 Å². The first-order valence-electron chi connectivity index (χ1n) is 9.82. The molecule has 1 aliphatic rings. The lowest BCUT2D eigenvalue weighted by atomic mass is 9.86. The quantitative estimate of drug-likeness (QED) is 0.692. The maximum atomic E-state index is 13.0. The van der Waals surface area contributed by atoms with Crippen LogP contribution in [-0.2, 0) is 20.2 Å². The Bertz CT molecular complexity index is 1050. The summed E-state index contributed by atoms with van der Waals surface area (Å²) in [6.07, 6.45) is 0.195. The summed E-state index contributed by atoms with van der Waals surface area (Å²) < 4.78 is 32.2. The first-order valence-corrected chi connectivity index (χ1v) is 12.7. The molecule has 0 fully saturated rings. The highest BCUT2D eigenvalue weighted by Crippen LogP contribution is 2.39. The van der Waals surface area contributed by atoms with Crippen LogP contribution in [-0.4, -0.2) is 39.0 Å². The number of nitrogens with one attached hydrogen (secondary N) is 1. The number of nitrogens with zero attached hydrogens (tertiary/aromatic N) is 1. The summed E-state index contributed by atoms with van der Waals surface area (Å²) in [6, 6.07) is 13.0. The topological polar surface area (TPSA) is 75.7 Å². The number of sulfonamides is 1. The van der Waals surface area contributed by atoms with Gasteiger partial charge in [-0.05, 0) is 41.0 Å². The van der Waals surface area contributed by atoms with Crippen LogP contribution in [0.25, 0.3) is 0 Å². The monoisotopic (exact) mass is 448 g/mol.